The molecule has 66 valence electrons. The second kappa shape index (κ2) is 6.32. The van der Waals surface area contributed by atoms with Crippen molar-refractivity contribution in [2.45, 2.75) is 12.2 Å². The van der Waals surface area contributed by atoms with Gasteiger partial charge in [0.25, 0.3) is 0 Å². The predicted molar refractivity (Wildman–Crippen MR) is 55.7 cm³/mol. The molecular formula is C9H12ClNS. The van der Waals surface area contributed by atoms with Crippen molar-refractivity contribution >= 4 is 23.4 Å². The van der Waals surface area contributed by atoms with Crippen LogP contribution in [0.25, 0.3) is 0 Å². The van der Waals surface area contributed by atoms with Crippen LogP contribution in [0.15, 0.2) is 24.5 Å². The minimum atomic E-state index is 0.764. The van der Waals surface area contributed by atoms with Gasteiger partial charge in [0.15, 0.2) is 0 Å². The Morgan fingerprint density at radius 1 is 1.50 bits per heavy atom. The molecule has 0 bridgehead atoms. The summed E-state index contributed by atoms with van der Waals surface area (Å²) in [5.41, 5.74) is 1.29. The fourth-order valence-corrected chi connectivity index (χ4v) is 2.02. The van der Waals surface area contributed by atoms with Crippen LogP contribution in [0.2, 0.25) is 0 Å². The molecular weight excluding hydrogens is 190 g/mol. The molecule has 0 aliphatic carbocycles. The summed E-state index contributed by atoms with van der Waals surface area (Å²) in [6.45, 7) is 0. The molecule has 0 radical (unpaired) electrons. The Morgan fingerprint density at radius 2 is 2.42 bits per heavy atom. The van der Waals surface area contributed by atoms with E-state index < -0.39 is 0 Å². The third kappa shape index (κ3) is 3.98. The van der Waals surface area contributed by atoms with Gasteiger partial charge in [-0.25, -0.2) is 0 Å². The van der Waals surface area contributed by atoms with E-state index in [0.717, 1.165) is 23.8 Å². The summed E-state index contributed by atoms with van der Waals surface area (Å²) >= 11 is 7.46. The first kappa shape index (κ1) is 9.87. The van der Waals surface area contributed by atoms with Gasteiger partial charge in [0.05, 0.1) is 0 Å². The van der Waals surface area contributed by atoms with Gasteiger partial charge in [-0.3, -0.25) is 4.98 Å². The summed E-state index contributed by atoms with van der Waals surface area (Å²) in [7, 11) is 0. The maximum Gasteiger partial charge on any atom is 0.0308 e. The summed E-state index contributed by atoms with van der Waals surface area (Å²) in [6.07, 6.45) is 4.80. The number of alkyl halides is 1. The lowest BCUT2D eigenvalue weighted by Gasteiger charge is -1.98. The van der Waals surface area contributed by atoms with Crippen molar-refractivity contribution in [1.82, 2.24) is 4.98 Å². The average molecular weight is 202 g/mol. The molecule has 3 heteroatoms. The average Bonchev–Trinajstić information content (AvgIpc) is 2.14. The van der Waals surface area contributed by atoms with Crippen molar-refractivity contribution in [3.05, 3.63) is 30.1 Å². The van der Waals surface area contributed by atoms with E-state index in [1.54, 1.807) is 6.20 Å². The van der Waals surface area contributed by atoms with E-state index >= 15 is 0 Å². The number of rotatable bonds is 5. The van der Waals surface area contributed by atoms with Gasteiger partial charge < -0.3 is 0 Å². The fraction of sp³-hybridized carbons (Fsp3) is 0.444. The topological polar surface area (TPSA) is 12.9 Å². The van der Waals surface area contributed by atoms with Gasteiger partial charge in [-0.1, -0.05) is 6.07 Å². The second-order valence-corrected chi connectivity index (χ2v) is 3.94. The Labute approximate surface area is 82.5 Å². The van der Waals surface area contributed by atoms with E-state index in [1.165, 1.54) is 5.56 Å². The summed E-state index contributed by atoms with van der Waals surface area (Å²) in [6, 6.07) is 4.07. The summed E-state index contributed by atoms with van der Waals surface area (Å²) in [4.78, 5) is 4.04. The van der Waals surface area contributed by atoms with E-state index in [0.29, 0.717) is 0 Å². The number of aromatic nitrogens is 1. The zero-order chi connectivity index (χ0) is 8.65. The number of thioether (sulfide) groups is 1. The second-order valence-electron chi connectivity index (χ2n) is 2.46. The maximum absolute atomic E-state index is 5.56. The number of hydrogen-bond acceptors (Lipinski definition) is 2. The van der Waals surface area contributed by atoms with Crippen molar-refractivity contribution in [2.75, 3.05) is 11.6 Å². The van der Waals surface area contributed by atoms with Gasteiger partial charge >= 0.3 is 0 Å². The van der Waals surface area contributed by atoms with Gasteiger partial charge in [-0.15, -0.1) is 11.6 Å². The maximum atomic E-state index is 5.56. The van der Waals surface area contributed by atoms with E-state index in [2.05, 4.69) is 11.1 Å². The largest absolute Gasteiger partial charge is 0.264 e. The Morgan fingerprint density at radius 3 is 3.08 bits per heavy atom. The highest BCUT2D eigenvalue weighted by Gasteiger charge is 1.91. The molecule has 1 aromatic rings. The third-order valence-corrected chi connectivity index (χ3v) is 2.80. The molecule has 1 heterocycles. The van der Waals surface area contributed by atoms with Crippen molar-refractivity contribution in [2.24, 2.45) is 0 Å². The molecule has 0 amide bonds. The van der Waals surface area contributed by atoms with Crippen LogP contribution in [0.4, 0.5) is 0 Å². The molecule has 12 heavy (non-hydrogen) atoms. The van der Waals surface area contributed by atoms with Crippen molar-refractivity contribution in [1.29, 1.82) is 0 Å². The van der Waals surface area contributed by atoms with Crippen LogP contribution in [-0.4, -0.2) is 16.6 Å². The van der Waals surface area contributed by atoms with E-state index in [1.807, 2.05) is 24.0 Å². The highest BCUT2D eigenvalue weighted by molar-refractivity contribution is 7.98. The zero-order valence-corrected chi connectivity index (χ0v) is 8.44. The molecule has 0 saturated carbocycles. The minimum Gasteiger partial charge on any atom is -0.264 e. The lowest BCUT2D eigenvalue weighted by Crippen LogP contribution is -1.84. The Bertz CT molecular complexity index is 203. The van der Waals surface area contributed by atoms with E-state index in [-0.39, 0.29) is 0 Å². The van der Waals surface area contributed by atoms with Crippen LogP contribution in [0.5, 0.6) is 0 Å². The molecule has 0 unspecified atom stereocenters. The molecule has 1 nitrogen and oxygen atoms in total. The Balaban J connectivity index is 2.16. The molecule has 0 saturated heterocycles. The van der Waals surface area contributed by atoms with Crippen molar-refractivity contribution in [3.8, 4) is 0 Å². The van der Waals surface area contributed by atoms with Crippen LogP contribution < -0.4 is 0 Å². The van der Waals surface area contributed by atoms with E-state index in [9.17, 15) is 0 Å². The van der Waals surface area contributed by atoms with Gasteiger partial charge in [0.1, 0.15) is 0 Å². The highest BCUT2D eigenvalue weighted by Crippen LogP contribution is 2.11. The molecule has 0 aliphatic heterocycles. The molecule has 0 aromatic carbocycles. The predicted octanol–water partition coefficient (Wildman–Crippen LogP) is 2.94. The first-order valence-corrected chi connectivity index (χ1v) is 5.65. The van der Waals surface area contributed by atoms with Crippen LogP contribution in [0.3, 0.4) is 0 Å². The number of halogens is 1. The quantitative estimate of drug-likeness (QED) is 0.537. The van der Waals surface area contributed by atoms with Crippen molar-refractivity contribution < 1.29 is 0 Å². The number of pyridine rings is 1. The van der Waals surface area contributed by atoms with Crippen LogP contribution in [0.1, 0.15) is 12.0 Å². The monoisotopic (exact) mass is 201 g/mol. The van der Waals surface area contributed by atoms with Gasteiger partial charge in [0, 0.05) is 24.0 Å². The Kier molecular flexibility index (Phi) is 5.20. The lowest BCUT2D eigenvalue weighted by molar-refractivity contribution is 1.11. The third-order valence-electron chi connectivity index (χ3n) is 1.41. The summed E-state index contributed by atoms with van der Waals surface area (Å²) in [5, 5.41) is 0. The fourth-order valence-electron chi connectivity index (χ4n) is 0.830. The molecule has 1 aromatic heterocycles. The standard InChI is InChI=1S/C9H12ClNS/c10-4-2-6-12-8-9-3-1-5-11-7-9/h1,3,5,7H,2,4,6,8H2. The van der Waals surface area contributed by atoms with Gasteiger partial charge in [0.2, 0.25) is 0 Å². The zero-order valence-electron chi connectivity index (χ0n) is 6.87. The summed E-state index contributed by atoms with van der Waals surface area (Å²) in [5.74, 6) is 2.95. The van der Waals surface area contributed by atoms with Gasteiger partial charge in [-0.05, 0) is 23.8 Å². The molecule has 0 fully saturated rings. The summed E-state index contributed by atoms with van der Waals surface area (Å²) < 4.78 is 0. The Hall–Kier alpha value is -0.210. The van der Waals surface area contributed by atoms with Crippen LogP contribution in [-0.2, 0) is 5.75 Å². The SMILES string of the molecule is ClCCCSCc1cccnc1. The van der Waals surface area contributed by atoms with Crippen LogP contribution in [0, 0.1) is 0 Å². The first-order chi connectivity index (χ1) is 5.93. The highest BCUT2D eigenvalue weighted by atomic mass is 35.5. The lowest BCUT2D eigenvalue weighted by atomic mass is 10.3. The van der Waals surface area contributed by atoms with Gasteiger partial charge in [-0.2, -0.15) is 11.8 Å². The number of hydrogen-bond donors (Lipinski definition) is 0. The van der Waals surface area contributed by atoms with Crippen molar-refractivity contribution in [3.63, 3.8) is 0 Å². The molecule has 0 atom stereocenters. The number of nitrogens with zero attached hydrogens (tertiary/aromatic N) is 1. The normalized spacial score (nSPS) is 10.1. The molecule has 0 aliphatic rings. The van der Waals surface area contributed by atoms with Crippen LogP contribution >= 0.6 is 23.4 Å². The molecule has 1 rings (SSSR count). The first-order valence-electron chi connectivity index (χ1n) is 3.96. The minimum absolute atomic E-state index is 0.764. The molecule has 0 spiro atoms. The smallest absolute Gasteiger partial charge is 0.0308 e. The molecule has 0 N–H and O–H groups in total. The van der Waals surface area contributed by atoms with E-state index in [4.69, 9.17) is 11.6 Å².